The van der Waals surface area contributed by atoms with E-state index in [1.165, 1.54) is 12.1 Å². The van der Waals surface area contributed by atoms with Gasteiger partial charge in [0.2, 0.25) is 0 Å². The molecule has 2 aromatic rings. The molecule has 0 heterocycles. The van der Waals surface area contributed by atoms with Gasteiger partial charge in [-0.1, -0.05) is 17.7 Å². The van der Waals surface area contributed by atoms with Gasteiger partial charge in [-0.3, -0.25) is 9.11 Å². The van der Waals surface area contributed by atoms with Crippen LogP contribution in [0.15, 0.2) is 52.3 Å². The molecule has 0 amide bonds. The second-order valence-corrected chi connectivity index (χ2v) is 7.23. The predicted molar refractivity (Wildman–Crippen MR) is 80.6 cm³/mol. The molecule has 0 aliphatic carbocycles. The maximum atomic E-state index is 10.5. The minimum absolute atomic E-state index is 0.0666. The summed E-state index contributed by atoms with van der Waals surface area (Å²) in [5.74, 6) is -0.948. The van der Waals surface area contributed by atoms with Gasteiger partial charge in [-0.25, -0.2) is 0 Å². The van der Waals surface area contributed by atoms with Crippen LogP contribution < -0.4 is 0 Å². The number of phenolic OH excluding ortho intramolecular Hbond substituents is 2. The molecule has 0 atom stereocenters. The van der Waals surface area contributed by atoms with Crippen molar-refractivity contribution in [1.82, 2.24) is 0 Å². The SMILES string of the molecule is Cc1ccc(S(=O)(=O)O)cc1.O=S(=O)(O)c1cc(O)ccc1O. The van der Waals surface area contributed by atoms with E-state index in [0.717, 1.165) is 23.8 Å². The zero-order chi connectivity index (χ0) is 17.8. The fourth-order valence-corrected chi connectivity index (χ4v) is 2.50. The first-order valence-corrected chi connectivity index (χ1v) is 8.83. The van der Waals surface area contributed by atoms with Crippen molar-refractivity contribution in [1.29, 1.82) is 0 Å². The lowest BCUT2D eigenvalue weighted by Crippen LogP contribution is -1.97. The van der Waals surface area contributed by atoms with Gasteiger partial charge in [0.15, 0.2) is 0 Å². The van der Waals surface area contributed by atoms with Crippen LogP contribution in [-0.2, 0) is 20.2 Å². The van der Waals surface area contributed by atoms with Crippen molar-refractivity contribution in [3.63, 3.8) is 0 Å². The summed E-state index contributed by atoms with van der Waals surface area (Å²) in [4.78, 5) is -0.773. The lowest BCUT2D eigenvalue weighted by molar-refractivity contribution is 0.433. The molecule has 0 aliphatic rings. The average Bonchev–Trinajstić information content (AvgIpc) is 2.40. The molecule has 10 heteroatoms. The number of benzene rings is 2. The summed E-state index contributed by atoms with van der Waals surface area (Å²) >= 11 is 0. The van der Waals surface area contributed by atoms with Gasteiger partial charge in [-0.2, -0.15) is 16.8 Å². The molecule has 0 bridgehead atoms. The highest BCUT2D eigenvalue weighted by Gasteiger charge is 2.15. The molecule has 2 aromatic carbocycles. The zero-order valence-corrected chi connectivity index (χ0v) is 13.4. The smallest absolute Gasteiger partial charge is 0.298 e. The van der Waals surface area contributed by atoms with Gasteiger partial charge < -0.3 is 10.2 Å². The van der Waals surface area contributed by atoms with Crippen molar-refractivity contribution < 1.29 is 36.2 Å². The molecule has 4 N–H and O–H groups in total. The Labute approximate surface area is 133 Å². The summed E-state index contributed by atoms with van der Waals surface area (Å²) in [7, 11) is -8.49. The highest BCUT2D eigenvalue weighted by atomic mass is 32.2. The van der Waals surface area contributed by atoms with E-state index >= 15 is 0 Å². The van der Waals surface area contributed by atoms with Gasteiger partial charge in [0.1, 0.15) is 16.4 Å². The summed E-state index contributed by atoms with van der Waals surface area (Å²) in [6, 6.07) is 8.81. The number of hydrogen-bond acceptors (Lipinski definition) is 6. The van der Waals surface area contributed by atoms with Crippen LogP contribution in [0.3, 0.4) is 0 Å². The number of rotatable bonds is 2. The molecule has 2 rings (SSSR count). The first kappa shape index (κ1) is 18.9. The van der Waals surface area contributed by atoms with Crippen LogP contribution in [0.2, 0.25) is 0 Å². The largest absolute Gasteiger partial charge is 0.508 e. The monoisotopic (exact) mass is 362 g/mol. The first-order valence-electron chi connectivity index (χ1n) is 5.95. The lowest BCUT2D eigenvalue weighted by atomic mass is 10.2. The van der Waals surface area contributed by atoms with Crippen LogP contribution >= 0.6 is 0 Å². The lowest BCUT2D eigenvalue weighted by Gasteiger charge is -2.00. The van der Waals surface area contributed by atoms with E-state index < -0.39 is 30.9 Å². The van der Waals surface area contributed by atoms with Crippen LogP contribution in [0.5, 0.6) is 11.5 Å². The Bertz CT molecular complexity index is 884. The molecule has 126 valence electrons. The Morgan fingerprint density at radius 2 is 1.30 bits per heavy atom. The second kappa shape index (κ2) is 6.96. The van der Waals surface area contributed by atoms with Crippen molar-refractivity contribution >= 4 is 20.2 Å². The summed E-state index contributed by atoms with van der Waals surface area (Å²) in [6.45, 7) is 1.84. The van der Waals surface area contributed by atoms with E-state index in [2.05, 4.69) is 0 Å². The highest BCUT2D eigenvalue weighted by molar-refractivity contribution is 7.86. The molecular formula is C13H14O8S2. The maximum Gasteiger partial charge on any atom is 0.298 e. The molecular weight excluding hydrogens is 348 g/mol. The summed E-state index contributed by atoms with van der Waals surface area (Å²) in [6.07, 6.45) is 0. The van der Waals surface area contributed by atoms with E-state index in [-0.39, 0.29) is 10.6 Å². The Hall–Kier alpha value is -2.14. The maximum absolute atomic E-state index is 10.5. The van der Waals surface area contributed by atoms with Crippen molar-refractivity contribution in [3.8, 4) is 11.5 Å². The quantitative estimate of drug-likeness (QED) is 0.465. The standard InChI is InChI=1S/C7H8O3S.C6H6O5S/c1-6-2-4-7(5-3-6)11(8,9)10;7-4-1-2-5(8)6(3-4)12(9,10)11/h2-5H,1H3,(H,8,9,10);1-3,7-8H,(H,9,10,11). The Kier molecular flexibility index (Phi) is 5.72. The third kappa shape index (κ3) is 5.87. The molecule has 8 nitrogen and oxygen atoms in total. The molecule has 0 aliphatic heterocycles. The normalized spacial score (nSPS) is 11.4. The molecule has 0 spiro atoms. The van der Waals surface area contributed by atoms with Gasteiger partial charge in [-0.05, 0) is 31.2 Å². The van der Waals surface area contributed by atoms with E-state index in [0.29, 0.717) is 0 Å². The number of hydrogen-bond donors (Lipinski definition) is 4. The van der Waals surface area contributed by atoms with E-state index in [1.54, 1.807) is 12.1 Å². The van der Waals surface area contributed by atoms with E-state index in [4.69, 9.17) is 19.3 Å². The second-order valence-electron chi connectivity index (χ2n) is 4.42. The Balaban J connectivity index is 0.000000231. The van der Waals surface area contributed by atoms with Crippen LogP contribution in [-0.4, -0.2) is 36.2 Å². The summed E-state index contributed by atoms with van der Waals surface area (Å²) in [5.41, 5.74) is 0.956. The molecule has 23 heavy (non-hydrogen) atoms. The minimum atomic E-state index is -4.47. The van der Waals surface area contributed by atoms with Gasteiger partial charge in [0.05, 0.1) is 4.90 Å². The van der Waals surface area contributed by atoms with Gasteiger partial charge in [0.25, 0.3) is 20.2 Å². The fourth-order valence-electron chi connectivity index (χ4n) is 1.42. The van der Waals surface area contributed by atoms with Crippen molar-refractivity contribution in [2.24, 2.45) is 0 Å². The third-order valence-electron chi connectivity index (χ3n) is 2.54. The molecule has 0 saturated carbocycles. The number of phenols is 2. The van der Waals surface area contributed by atoms with Gasteiger partial charge >= 0.3 is 0 Å². The summed E-state index contributed by atoms with van der Waals surface area (Å²) in [5, 5.41) is 17.7. The minimum Gasteiger partial charge on any atom is -0.508 e. The van der Waals surface area contributed by atoms with E-state index in [1.807, 2.05) is 6.92 Å². The molecule has 0 fully saturated rings. The molecule has 0 aromatic heterocycles. The Morgan fingerprint density at radius 3 is 1.70 bits per heavy atom. The predicted octanol–water partition coefficient (Wildman–Crippen LogP) is 1.59. The molecule has 0 radical (unpaired) electrons. The first-order chi connectivity index (χ1) is 10.4. The van der Waals surface area contributed by atoms with Crippen LogP contribution in [0.1, 0.15) is 5.56 Å². The topological polar surface area (TPSA) is 149 Å². The molecule has 0 saturated heterocycles. The van der Waals surface area contributed by atoms with E-state index in [9.17, 15) is 16.8 Å². The van der Waals surface area contributed by atoms with Gasteiger partial charge in [-0.15, -0.1) is 0 Å². The van der Waals surface area contributed by atoms with Crippen molar-refractivity contribution in [2.75, 3.05) is 0 Å². The van der Waals surface area contributed by atoms with Gasteiger partial charge in [0, 0.05) is 6.07 Å². The number of aryl methyl sites for hydroxylation is 1. The van der Waals surface area contributed by atoms with Crippen molar-refractivity contribution in [2.45, 2.75) is 16.7 Å². The molecule has 0 unspecified atom stereocenters. The van der Waals surface area contributed by atoms with Crippen LogP contribution in [0, 0.1) is 6.92 Å². The van der Waals surface area contributed by atoms with Crippen LogP contribution in [0.4, 0.5) is 0 Å². The average molecular weight is 362 g/mol. The third-order valence-corrected chi connectivity index (χ3v) is 4.29. The van der Waals surface area contributed by atoms with Crippen LogP contribution in [0.25, 0.3) is 0 Å². The highest BCUT2D eigenvalue weighted by Crippen LogP contribution is 2.25. The zero-order valence-electron chi connectivity index (χ0n) is 11.8. The van der Waals surface area contributed by atoms with Crippen molar-refractivity contribution in [3.05, 3.63) is 48.0 Å². The summed E-state index contributed by atoms with van der Waals surface area (Å²) < 4.78 is 59.0. The fraction of sp³-hybridized carbons (Fsp3) is 0.0769. The Morgan fingerprint density at radius 1 is 0.783 bits per heavy atom. The number of aromatic hydroxyl groups is 2.